The number of rotatable bonds is 5. The monoisotopic (exact) mass is 397 g/mol. The van der Waals surface area contributed by atoms with Gasteiger partial charge in [-0.25, -0.2) is 4.98 Å². The van der Waals surface area contributed by atoms with Crippen LogP contribution in [-0.4, -0.2) is 29.9 Å². The van der Waals surface area contributed by atoms with Crippen molar-refractivity contribution in [3.8, 4) is 17.6 Å². The lowest BCUT2D eigenvalue weighted by atomic mass is 10.1. The molecule has 1 N–H and O–H groups in total. The van der Waals surface area contributed by atoms with Crippen molar-refractivity contribution in [1.29, 1.82) is 5.26 Å². The van der Waals surface area contributed by atoms with E-state index >= 15 is 0 Å². The standard InChI is InChI=1S/C21H23N3O3S/c1-12-13(2)17(10-22)21(24-14(12)3)28-11-20(25)23-15(4)16-5-6-18-19(9-16)27-8-7-26-18/h5-6,9,15H,7-8,11H2,1-4H3,(H,23,25)/t15-/m0/s1. The number of nitrogens with zero attached hydrogens (tertiary/aromatic N) is 2. The molecule has 3 rings (SSSR count). The largest absolute Gasteiger partial charge is 0.486 e. The summed E-state index contributed by atoms with van der Waals surface area (Å²) in [6.45, 7) is 8.78. The molecule has 0 saturated carbocycles. The Hall–Kier alpha value is -2.72. The molecule has 1 amide bonds. The Labute approximate surface area is 169 Å². The van der Waals surface area contributed by atoms with Crippen LogP contribution in [0.25, 0.3) is 0 Å². The Morgan fingerprint density at radius 2 is 1.96 bits per heavy atom. The third kappa shape index (κ3) is 4.23. The van der Waals surface area contributed by atoms with E-state index in [1.807, 2.05) is 45.9 Å². The predicted molar refractivity (Wildman–Crippen MR) is 108 cm³/mol. The predicted octanol–water partition coefficient (Wildman–Crippen LogP) is 3.62. The Kier molecular flexibility index (Phi) is 6.10. The summed E-state index contributed by atoms with van der Waals surface area (Å²) in [7, 11) is 0. The Bertz CT molecular complexity index is 953. The summed E-state index contributed by atoms with van der Waals surface area (Å²) < 4.78 is 11.1. The first-order valence-corrected chi connectivity index (χ1v) is 10.1. The van der Waals surface area contributed by atoms with Gasteiger partial charge in [0.2, 0.25) is 5.91 Å². The third-order valence-corrected chi connectivity index (χ3v) is 5.83. The Morgan fingerprint density at radius 1 is 1.25 bits per heavy atom. The van der Waals surface area contributed by atoms with Gasteiger partial charge in [0.15, 0.2) is 11.5 Å². The zero-order valence-corrected chi connectivity index (χ0v) is 17.3. The molecule has 1 atom stereocenters. The molecule has 28 heavy (non-hydrogen) atoms. The quantitative estimate of drug-likeness (QED) is 0.776. The number of carbonyl (C=O) groups excluding carboxylic acids is 1. The summed E-state index contributed by atoms with van der Waals surface area (Å²) in [6.07, 6.45) is 0. The lowest BCUT2D eigenvalue weighted by Crippen LogP contribution is -2.28. The number of fused-ring (bicyclic) bond motifs is 1. The maximum Gasteiger partial charge on any atom is 0.230 e. The maximum atomic E-state index is 12.4. The lowest BCUT2D eigenvalue weighted by Gasteiger charge is -2.21. The van der Waals surface area contributed by atoms with Gasteiger partial charge in [0.05, 0.1) is 17.4 Å². The van der Waals surface area contributed by atoms with Gasteiger partial charge in [0.1, 0.15) is 24.3 Å². The topological polar surface area (TPSA) is 84.2 Å². The average molecular weight is 398 g/mol. The molecule has 1 aromatic heterocycles. The SMILES string of the molecule is Cc1nc(SCC(=O)N[C@@H](C)c2ccc3c(c2)OCCO3)c(C#N)c(C)c1C. The van der Waals surface area contributed by atoms with Crippen molar-refractivity contribution >= 4 is 17.7 Å². The van der Waals surface area contributed by atoms with Gasteiger partial charge in [0, 0.05) is 5.69 Å². The Morgan fingerprint density at radius 3 is 2.68 bits per heavy atom. The second kappa shape index (κ2) is 8.53. The number of ether oxygens (including phenoxy) is 2. The first-order valence-electron chi connectivity index (χ1n) is 9.10. The molecule has 146 valence electrons. The van der Waals surface area contributed by atoms with Crippen molar-refractivity contribution < 1.29 is 14.3 Å². The summed E-state index contributed by atoms with van der Waals surface area (Å²) in [5.74, 6) is 1.50. The van der Waals surface area contributed by atoms with Crippen LogP contribution < -0.4 is 14.8 Å². The highest BCUT2D eigenvalue weighted by molar-refractivity contribution is 8.00. The van der Waals surface area contributed by atoms with Crippen molar-refractivity contribution in [1.82, 2.24) is 10.3 Å². The van der Waals surface area contributed by atoms with E-state index in [1.165, 1.54) is 11.8 Å². The highest BCUT2D eigenvalue weighted by Crippen LogP contribution is 2.32. The highest BCUT2D eigenvalue weighted by Gasteiger charge is 2.17. The molecular weight excluding hydrogens is 374 g/mol. The molecule has 7 heteroatoms. The first kappa shape index (κ1) is 20.0. The summed E-state index contributed by atoms with van der Waals surface area (Å²) in [4.78, 5) is 16.9. The van der Waals surface area contributed by atoms with Gasteiger partial charge in [-0.05, 0) is 56.5 Å². The van der Waals surface area contributed by atoms with Crippen molar-refractivity contribution in [3.63, 3.8) is 0 Å². The van der Waals surface area contributed by atoms with Crippen LogP contribution in [0.15, 0.2) is 23.2 Å². The van der Waals surface area contributed by atoms with Crippen LogP contribution in [0.4, 0.5) is 0 Å². The lowest BCUT2D eigenvalue weighted by molar-refractivity contribution is -0.119. The molecule has 0 saturated heterocycles. The fraction of sp³-hybridized carbons (Fsp3) is 0.381. The Balaban J connectivity index is 1.64. The zero-order valence-electron chi connectivity index (χ0n) is 16.5. The van der Waals surface area contributed by atoms with Crippen LogP contribution in [0.5, 0.6) is 11.5 Å². The van der Waals surface area contributed by atoms with E-state index in [-0.39, 0.29) is 17.7 Å². The molecule has 0 spiro atoms. The normalized spacial score (nSPS) is 13.5. The fourth-order valence-electron chi connectivity index (χ4n) is 2.98. The van der Waals surface area contributed by atoms with Gasteiger partial charge in [-0.15, -0.1) is 0 Å². The van der Waals surface area contributed by atoms with Crippen LogP contribution in [0.1, 0.15) is 40.9 Å². The average Bonchev–Trinajstić information content (AvgIpc) is 2.70. The number of aromatic nitrogens is 1. The molecule has 1 aromatic carbocycles. The van der Waals surface area contributed by atoms with Gasteiger partial charge < -0.3 is 14.8 Å². The van der Waals surface area contributed by atoms with E-state index in [9.17, 15) is 10.1 Å². The second-order valence-electron chi connectivity index (χ2n) is 6.72. The fourth-order valence-corrected chi connectivity index (χ4v) is 3.87. The van der Waals surface area contributed by atoms with E-state index in [4.69, 9.17) is 9.47 Å². The summed E-state index contributed by atoms with van der Waals surface area (Å²) in [5, 5.41) is 13.0. The van der Waals surface area contributed by atoms with Crippen LogP contribution in [-0.2, 0) is 4.79 Å². The third-order valence-electron chi connectivity index (χ3n) is 4.86. The number of amides is 1. The summed E-state index contributed by atoms with van der Waals surface area (Å²) in [6, 6.07) is 7.72. The molecule has 2 aromatic rings. The van der Waals surface area contributed by atoms with E-state index < -0.39 is 0 Å². The van der Waals surface area contributed by atoms with Crippen LogP contribution in [0, 0.1) is 32.1 Å². The zero-order chi connectivity index (χ0) is 20.3. The minimum absolute atomic E-state index is 0.117. The van der Waals surface area contributed by atoms with E-state index in [2.05, 4.69) is 16.4 Å². The summed E-state index contributed by atoms with van der Waals surface area (Å²) >= 11 is 1.29. The van der Waals surface area contributed by atoms with Gasteiger partial charge in [-0.2, -0.15) is 5.26 Å². The molecule has 0 aliphatic carbocycles. The molecule has 0 radical (unpaired) electrons. The molecule has 0 bridgehead atoms. The molecular formula is C21H23N3O3S. The van der Waals surface area contributed by atoms with Crippen LogP contribution in [0.2, 0.25) is 0 Å². The van der Waals surface area contributed by atoms with E-state index in [0.717, 1.165) is 28.1 Å². The van der Waals surface area contributed by atoms with Crippen LogP contribution in [0.3, 0.4) is 0 Å². The molecule has 0 fully saturated rings. The van der Waals surface area contributed by atoms with Gasteiger partial charge >= 0.3 is 0 Å². The van der Waals surface area contributed by atoms with Crippen molar-refractivity contribution in [3.05, 3.63) is 46.1 Å². The van der Waals surface area contributed by atoms with Crippen molar-refractivity contribution in [2.24, 2.45) is 0 Å². The molecule has 2 heterocycles. The molecule has 6 nitrogen and oxygen atoms in total. The summed E-state index contributed by atoms with van der Waals surface area (Å²) in [5.41, 5.74) is 4.30. The first-order chi connectivity index (χ1) is 13.4. The van der Waals surface area contributed by atoms with Gasteiger partial charge in [-0.3, -0.25) is 4.79 Å². The highest BCUT2D eigenvalue weighted by atomic mass is 32.2. The minimum atomic E-state index is -0.172. The number of nitrogens with one attached hydrogen (secondary N) is 1. The minimum Gasteiger partial charge on any atom is -0.486 e. The number of pyridine rings is 1. The van der Waals surface area contributed by atoms with Crippen LogP contribution >= 0.6 is 11.8 Å². The van der Waals surface area contributed by atoms with E-state index in [1.54, 1.807) is 0 Å². The molecule has 0 unspecified atom stereocenters. The van der Waals surface area contributed by atoms with Gasteiger partial charge in [-0.1, -0.05) is 17.8 Å². The number of hydrogen-bond donors (Lipinski definition) is 1. The smallest absolute Gasteiger partial charge is 0.230 e. The van der Waals surface area contributed by atoms with Gasteiger partial charge in [0.25, 0.3) is 0 Å². The number of hydrogen-bond acceptors (Lipinski definition) is 6. The van der Waals surface area contributed by atoms with Crippen molar-refractivity contribution in [2.45, 2.75) is 38.8 Å². The van der Waals surface area contributed by atoms with E-state index in [0.29, 0.717) is 29.6 Å². The number of benzene rings is 1. The molecule has 1 aliphatic heterocycles. The number of nitriles is 1. The molecule has 1 aliphatic rings. The maximum absolute atomic E-state index is 12.4. The number of carbonyl (C=O) groups is 1. The second-order valence-corrected chi connectivity index (χ2v) is 7.68. The number of aryl methyl sites for hydroxylation is 1. The number of thioether (sulfide) groups is 1. The van der Waals surface area contributed by atoms with Crippen molar-refractivity contribution in [2.75, 3.05) is 19.0 Å².